The molecule has 1 saturated heterocycles. The third kappa shape index (κ3) is 3.53. The fourth-order valence-corrected chi connectivity index (χ4v) is 2.34. The number of aromatic nitrogens is 1. The van der Waals surface area contributed by atoms with Gasteiger partial charge in [-0.25, -0.2) is 4.98 Å². The van der Waals surface area contributed by atoms with Gasteiger partial charge in [-0.1, -0.05) is 6.92 Å². The number of rotatable bonds is 3. The van der Waals surface area contributed by atoms with Gasteiger partial charge in [0.2, 0.25) is 0 Å². The quantitative estimate of drug-likeness (QED) is 0.897. The van der Waals surface area contributed by atoms with Gasteiger partial charge in [0.15, 0.2) is 0 Å². The standard InChI is InChI=1S/C13H18BrN3O/c1-13(4-6-15-7-5-13)9-17-12(18)11-3-2-10(14)8-16-11/h2-3,8,15H,4-7,9H2,1H3,(H,17,18). The average Bonchev–Trinajstić information content (AvgIpc) is 2.38. The number of carbonyl (C=O) groups excluding carboxylic acids is 1. The van der Waals surface area contributed by atoms with Crippen LogP contribution in [-0.2, 0) is 0 Å². The lowest BCUT2D eigenvalue weighted by Gasteiger charge is -2.34. The summed E-state index contributed by atoms with van der Waals surface area (Å²) in [6, 6.07) is 3.55. The van der Waals surface area contributed by atoms with Crippen LogP contribution in [0, 0.1) is 5.41 Å². The molecule has 1 fully saturated rings. The van der Waals surface area contributed by atoms with Crippen LogP contribution in [0.25, 0.3) is 0 Å². The largest absolute Gasteiger partial charge is 0.350 e. The maximum Gasteiger partial charge on any atom is 0.269 e. The summed E-state index contributed by atoms with van der Waals surface area (Å²) in [5.74, 6) is -0.0951. The first-order chi connectivity index (χ1) is 8.59. The molecule has 2 heterocycles. The summed E-state index contributed by atoms with van der Waals surface area (Å²) >= 11 is 3.30. The number of piperidine rings is 1. The van der Waals surface area contributed by atoms with E-state index in [0.29, 0.717) is 12.2 Å². The highest BCUT2D eigenvalue weighted by Crippen LogP contribution is 2.26. The van der Waals surface area contributed by atoms with E-state index in [4.69, 9.17) is 0 Å². The van der Waals surface area contributed by atoms with Gasteiger partial charge < -0.3 is 10.6 Å². The zero-order valence-corrected chi connectivity index (χ0v) is 12.1. The molecule has 0 saturated carbocycles. The highest BCUT2D eigenvalue weighted by Gasteiger charge is 2.27. The van der Waals surface area contributed by atoms with Crippen LogP contribution in [0.1, 0.15) is 30.3 Å². The second kappa shape index (κ2) is 5.80. The average molecular weight is 312 g/mol. The molecule has 0 radical (unpaired) electrons. The van der Waals surface area contributed by atoms with Gasteiger partial charge in [-0.3, -0.25) is 4.79 Å². The van der Waals surface area contributed by atoms with E-state index in [0.717, 1.165) is 30.4 Å². The molecule has 18 heavy (non-hydrogen) atoms. The maximum atomic E-state index is 11.9. The van der Waals surface area contributed by atoms with Crippen molar-refractivity contribution in [1.29, 1.82) is 0 Å². The first-order valence-electron chi connectivity index (χ1n) is 6.20. The second-order valence-electron chi connectivity index (χ2n) is 5.10. The van der Waals surface area contributed by atoms with Crippen molar-refractivity contribution in [3.05, 3.63) is 28.5 Å². The number of amides is 1. The summed E-state index contributed by atoms with van der Waals surface area (Å²) < 4.78 is 0.879. The van der Waals surface area contributed by atoms with Gasteiger partial charge in [0.05, 0.1) is 0 Å². The number of hydrogen-bond donors (Lipinski definition) is 2. The zero-order valence-electron chi connectivity index (χ0n) is 10.5. The van der Waals surface area contributed by atoms with Gasteiger partial charge in [-0.2, -0.15) is 0 Å². The van der Waals surface area contributed by atoms with Crippen LogP contribution in [-0.4, -0.2) is 30.5 Å². The smallest absolute Gasteiger partial charge is 0.269 e. The molecule has 0 bridgehead atoms. The Bertz CT molecular complexity index is 413. The van der Waals surface area contributed by atoms with Crippen LogP contribution in [0.2, 0.25) is 0 Å². The minimum Gasteiger partial charge on any atom is -0.350 e. The Kier molecular flexibility index (Phi) is 4.35. The van der Waals surface area contributed by atoms with Gasteiger partial charge in [-0.15, -0.1) is 0 Å². The molecule has 4 nitrogen and oxygen atoms in total. The SMILES string of the molecule is CC1(CNC(=O)c2ccc(Br)cn2)CCNCC1. The van der Waals surface area contributed by atoms with E-state index in [1.54, 1.807) is 12.3 Å². The van der Waals surface area contributed by atoms with E-state index < -0.39 is 0 Å². The molecule has 5 heteroatoms. The van der Waals surface area contributed by atoms with Crippen LogP contribution in [0.5, 0.6) is 0 Å². The molecule has 1 aliphatic heterocycles. The first kappa shape index (κ1) is 13.5. The summed E-state index contributed by atoms with van der Waals surface area (Å²) in [5.41, 5.74) is 0.673. The lowest BCUT2D eigenvalue weighted by molar-refractivity contribution is 0.0917. The van der Waals surface area contributed by atoms with Crippen molar-refractivity contribution in [2.45, 2.75) is 19.8 Å². The Hall–Kier alpha value is -0.940. The number of carbonyl (C=O) groups is 1. The molecule has 0 unspecified atom stereocenters. The topological polar surface area (TPSA) is 54.0 Å². The normalized spacial score (nSPS) is 18.3. The Balaban J connectivity index is 1.89. The van der Waals surface area contributed by atoms with Gasteiger partial charge >= 0.3 is 0 Å². The van der Waals surface area contributed by atoms with E-state index in [1.807, 2.05) is 6.07 Å². The number of hydrogen-bond acceptors (Lipinski definition) is 3. The predicted molar refractivity (Wildman–Crippen MR) is 74.5 cm³/mol. The Morgan fingerprint density at radius 2 is 2.22 bits per heavy atom. The third-order valence-corrected chi connectivity index (χ3v) is 3.92. The van der Waals surface area contributed by atoms with Crippen molar-refractivity contribution >= 4 is 21.8 Å². The highest BCUT2D eigenvalue weighted by molar-refractivity contribution is 9.10. The highest BCUT2D eigenvalue weighted by atomic mass is 79.9. The minimum atomic E-state index is -0.0951. The van der Waals surface area contributed by atoms with Crippen LogP contribution < -0.4 is 10.6 Å². The van der Waals surface area contributed by atoms with Gasteiger partial charge in [0.25, 0.3) is 5.91 Å². The van der Waals surface area contributed by atoms with Crippen molar-refractivity contribution in [2.24, 2.45) is 5.41 Å². The monoisotopic (exact) mass is 311 g/mol. The van der Waals surface area contributed by atoms with Crippen LogP contribution in [0.4, 0.5) is 0 Å². The molecular weight excluding hydrogens is 294 g/mol. The Labute approximate surface area is 116 Å². The fraction of sp³-hybridized carbons (Fsp3) is 0.538. The fourth-order valence-electron chi connectivity index (χ4n) is 2.10. The Morgan fingerprint density at radius 1 is 1.50 bits per heavy atom. The van der Waals surface area contributed by atoms with E-state index in [9.17, 15) is 4.79 Å². The van der Waals surface area contributed by atoms with Crippen LogP contribution >= 0.6 is 15.9 Å². The molecule has 98 valence electrons. The molecule has 0 aliphatic carbocycles. The van der Waals surface area contributed by atoms with Crippen LogP contribution in [0.3, 0.4) is 0 Å². The van der Waals surface area contributed by atoms with Crippen LogP contribution in [0.15, 0.2) is 22.8 Å². The number of nitrogens with one attached hydrogen (secondary N) is 2. The van der Waals surface area contributed by atoms with Crippen molar-refractivity contribution in [3.63, 3.8) is 0 Å². The first-order valence-corrected chi connectivity index (χ1v) is 6.99. The van der Waals surface area contributed by atoms with Crippen molar-refractivity contribution in [3.8, 4) is 0 Å². The van der Waals surface area contributed by atoms with Gasteiger partial charge in [-0.05, 0) is 59.4 Å². The molecular formula is C13H18BrN3O. The molecule has 2 rings (SSSR count). The van der Waals surface area contributed by atoms with Gasteiger partial charge in [0.1, 0.15) is 5.69 Å². The zero-order chi connectivity index (χ0) is 13.0. The van der Waals surface area contributed by atoms with E-state index in [2.05, 4.69) is 38.5 Å². The predicted octanol–water partition coefficient (Wildman–Crippen LogP) is 1.96. The third-order valence-electron chi connectivity index (χ3n) is 3.45. The molecule has 2 N–H and O–H groups in total. The van der Waals surface area contributed by atoms with E-state index in [1.165, 1.54) is 0 Å². The molecule has 1 aliphatic rings. The van der Waals surface area contributed by atoms with E-state index in [-0.39, 0.29) is 11.3 Å². The van der Waals surface area contributed by atoms with Crippen molar-refractivity contribution in [2.75, 3.05) is 19.6 Å². The summed E-state index contributed by atoms with van der Waals surface area (Å²) in [5, 5.41) is 6.32. The summed E-state index contributed by atoms with van der Waals surface area (Å²) in [4.78, 5) is 16.0. The summed E-state index contributed by atoms with van der Waals surface area (Å²) in [6.07, 6.45) is 3.84. The lowest BCUT2D eigenvalue weighted by Crippen LogP contribution is -2.43. The number of pyridine rings is 1. The molecule has 1 aromatic rings. The van der Waals surface area contributed by atoms with E-state index >= 15 is 0 Å². The molecule has 0 atom stereocenters. The second-order valence-corrected chi connectivity index (χ2v) is 6.02. The van der Waals surface area contributed by atoms with Crippen molar-refractivity contribution in [1.82, 2.24) is 15.6 Å². The lowest BCUT2D eigenvalue weighted by atomic mass is 9.81. The maximum absolute atomic E-state index is 11.9. The molecule has 1 aromatic heterocycles. The molecule has 0 spiro atoms. The van der Waals surface area contributed by atoms with Crippen molar-refractivity contribution < 1.29 is 4.79 Å². The van der Waals surface area contributed by atoms with Gasteiger partial charge in [0, 0.05) is 17.2 Å². The summed E-state index contributed by atoms with van der Waals surface area (Å²) in [7, 11) is 0. The Morgan fingerprint density at radius 3 is 2.83 bits per heavy atom. The summed E-state index contributed by atoms with van der Waals surface area (Å²) in [6.45, 7) is 5.00. The minimum absolute atomic E-state index is 0.0951. The molecule has 0 aromatic carbocycles. The number of halogens is 1. The number of nitrogens with zero attached hydrogens (tertiary/aromatic N) is 1. The molecule has 1 amide bonds.